The predicted octanol–water partition coefficient (Wildman–Crippen LogP) is 1.97. The van der Waals surface area contributed by atoms with Crippen molar-refractivity contribution in [2.24, 2.45) is 5.92 Å². The molecule has 0 amide bonds. The Morgan fingerprint density at radius 2 is 2.00 bits per heavy atom. The first-order chi connectivity index (χ1) is 12.4. The number of benzene rings is 1. The number of aromatic hydroxyl groups is 1. The van der Waals surface area contributed by atoms with Crippen LogP contribution in [0.2, 0.25) is 0 Å². The van der Waals surface area contributed by atoms with E-state index in [1.54, 1.807) is 12.1 Å². The van der Waals surface area contributed by atoms with Gasteiger partial charge in [-0.1, -0.05) is 0 Å². The van der Waals surface area contributed by atoms with Crippen molar-refractivity contribution < 1.29 is 24.2 Å². The molecule has 1 fully saturated rings. The van der Waals surface area contributed by atoms with E-state index in [4.69, 9.17) is 9.47 Å². The number of hydrogen-bond donors (Lipinski definition) is 1. The summed E-state index contributed by atoms with van der Waals surface area (Å²) < 4.78 is 10.6. The molecule has 0 aromatic heterocycles. The van der Waals surface area contributed by atoms with E-state index in [0.717, 1.165) is 5.56 Å². The van der Waals surface area contributed by atoms with Crippen molar-refractivity contribution in [3.05, 3.63) is 34.6 Å². The molecule has 138 valence electrons. The molecular formula is C20H23NO5. The van der Waals surface area contributed by atoms with Crippen molar-refractivity contribution in [1.82, 2.24) is 4.90 Å². The van der Waals surface area contributed by atoms with Crippen LogP contribution in [-0.4, -0.2) is 55.4 Å². The average molecular weight is 357 g/mol. The number of carbonyl (C=O) groups excluding carboxylic acids is 2. The summed E-state index contributed by atoms with van der Waals surface area (Å²) in [6.45, 7) is 2.54. The highest BCUT2D eigenvalue weighted by atomic mass is 16.5. The molecule has 26 heavy (non-hydrogen) atoms. The van der Waals surface area contributed by atoms with Gasteiger partial charge in [0.05, 0.1) is 20.3 Å². The Labute approximate surface area is 152 Å². The highest BCUT2D eigenvalue weighted by molar-refractivity contribution is 6.08. The summed E-state index contributed by atoms with van der Waals surface area (Å²) in [7, 11) is 4.91. The minimum atomic E-state index is -0.608. The van der Waals surface area contributed by atoms with Crippen LogP contribution in [0.15, 0.2) is 17.9 Å². The molecule has 6 heteroatoms. The van der Waals surface area contributed by atoms with E-state index >= 15 is 0 Å². The zero-order chi connectivity index (χ0) is 18.8. The number of ether oxygens (including phenoxy) is 2. The van der Waals surface area contributed by atoms with Crippen LogP contribution in [0.4, 0.5) is 0 Å². The third-order valence-electron chi connectivity index (χ3n) is 6.36. The van der Waals surface area contributed by atoms with Gasteiger partial charge in [-0.25, -0.2) is 0 Å². The Morgan fingerprint density at radius 3 is 2.65 bits per heavy atom. The maximum Gasteiger partial charge on any atom is 0.197 e. The van der Waals surface area contributed by atoms with E-state index in [-0.39, 0.29) is 35.7 Å². The number of likely N-dealkylation sites (tertiary alicyclic amines) is 1. The van der Waals surface area contributed by atoms with E-state index < -0.39 is 5.41 Å². The number of methoxy groups -OCH3 is 2. The number of phenols is 1. The number of nitrogens with zero attached hydrogens (tertiary/aromatic N) is 1. The third-order valence-corrected chi connectivity index (χ3v) is 6.36. The first-order valence-electron chi connectivity index (χ1n) is 8.80. The fourth-order valence-corrected chi connectivity index (χ4v) is 5.15. The second-order valence-corrected chi connectivity index (χ2v) is 7.55. The molecule has 1 heterocycles. The van der Waals surface area contributed by atoms with Crippen LogP contribution in [-0.2, 0) is 14.9 Å². The molecule has 0 saturated carbocycles. The maximum absolute atomic E-state index is 13.4. The number of aryl methyl sites for hydroxylation is 1. The minimum Gasteiger partial charge on any atom is -0.504 e. The molecule has 2 bridgehead atoms. The van der Waals surface area contributed by atoms with Gasteiger partial charge in [0, 0.05) is 28.9 Å². The SMILES string of the molecule is COC1=CC2[C@H]3C(=O)c4c(C)cc(OC)c(O)c4[C@@]2(CCN3C)CC1=O. The summed E-state index contributed by atoms with van der Waals surface area (Å²) in [5.74, 6) is 0.309. The van der Waals surface area contributed by atoms with Crippen LogP contribution in [0.3, 0.4) is 0 Å². The van der Waals surface area contributed by atoms with Crippen LogP contribution in [0.5, 0.6) is 11.5 Å². The van der Waals surface area contributed by atoms with E-state index in [1.165, 1.54) is 14.2 Å². The van der Waals surface area contributed by atoms with Crippen LogP contribution < -0.4 is 4.74 Å². The van der Waals surface area contributed by atoms with Crippen LogP contribution in [0.25, 0.3) is 0 Å². The molecule has 1 N–H and O–H groups in total. The van der Waals surface area contributed by atoms with Crippen molar-refractivity contribution in [2.75, 3.05) is 27.8 Å². The molecular weight excluding hydrogens is 334 g/mol. The van der Waals surface area contributed by atoms with Crippen molar-refractivity contribution in [2.45, 2.75) is 31.2 Å². The number of fused-ring (bicyclic) bond motifs is 1. The van der Waals surface area contributed by atoms with Gasteiger partial charge in [0.25, 0.3) is 0 Å². The molecule has 1 aromatic rings. The highest BCUT2D eigenvalue weighted by Crippen LogP contribution is 2.58. The van der Waals surface area contributed by atoms with Gasteiger partial charge in [-0.2, -0.15) is 0 Å². The van der Waals surface area contributed by atoms with Crippen molar-refractivity contribution in [3.63, 3.8) is 0 Å². The van der Waals surface area contributed by atoms with Gasteiger partial charge in [-0.05, 0) is 44.6 Å². The lowest BCUT2D eigenvalue weighted by Gasteiger charge is -2.55. The van der Waals surface area contributed by atoms with Crippen LogP contribution >= 0.6 is 0 Å². The number of Topliss-reactive ketones (excluding diaryl/α,β-unsaturated/α-hetero) is 2. The van der Waals surface area contributed by atoms with Gasteiger partial charge in [0.15, 0.2) is 28.8 Å². The quantitative estimate of drug-likeness (QED) is 0.872. The molecule has 1 aliphatic heterocycles. The monoisotopic (exact) mass is 357 g/mol. The van der Waals surface area contributed by atoms with Gasteiger partial charge in [-0.15, -0.1) is 0 Å². The normalized spacial score (nSPS) is 30.4. The lowest BCUT2D eigenvalue weighted by Crippen LogP contribution is -2.62. The van der Waals surface area contributed by atoms with Crippen molar-refractivity contribution >= 4 is 11.6 Å². The largest absolute Gasteiger partial charge is 0.504 e. The number of rotatable bonds is 2. The van der Waals surface area contributed by atoms with Gasteiger partial charge < -0.3 is 14.6 Å². The summed E-state index contributed by atoms with van der Waals surface area (Å²) in [6, 6.07) is 1.33. The highest BCUT2D eigenvalue weighted by Gasteiger charge is 2.59. The Balaban J connectivity index is 2.08. The molecule has 3 aliphatic rings. The summed E-state index contributed by atoms with van der Waals surface area (Å²) in [4.78, 5) is 28.1. The molecule has 2 aliphatic carbocycles. The van der Waals surface area contributed by atoms with Gasteiger partial charge >= 0.3 is 0 Å². The number of likely N-dealkylation sites (N-methyl/N-ethyl adjacent to an activating group) is 1. The van der Waals surface area contributed by atoms with Crippen molar-refractivity contribution in [3.8, 4) is 11.5 Å². The molecule has 4 rings (SSSR count). The second-order valence-electron chi connectivity index (χ2n) is 7.55. The fraction of sp³-hybridized carbons (Fsp3) is 0.500. The van der Waals surface area contributed by atoms with E-state index in [9.17, 15) is 14.7 Å². The topological polar surface area (TPSA) is 76.1 Å². The van der Waals surface area contributed by atoms with Crippen LogP contribution in [0.1, 0.15) is 34.3 Å². The molecule has 1 aromatic carbocycles. The van der Waals surface area contributed by atoms with E-state index in [2.05, 4.69) is 4.90 Å². The molecule has 0 radical (unpaired) electrons. The molecule has 1 saturated heterocycles. The molecule has 6 nitrogen and oxygen atoms in total. The van der Waals surface area contributed by atoms with E-state index in [0.29, 0.717) is 35.6 Å². The number of carbonyl (C=O) groups is 2. The summed E-state index contributed by atoms with van der Waals surface area (Å²) in [5.41, 5.74) is 1.28. The number of hydrogen-bond acceptors (Lipinski definition) is 6. The van der Waals surface area contributed by atoms with E-state index in [1.807, 2.05) is 14.0 Å². The maximum atomic E-state index is 13.4. The first-order valence-corrected chi connectivity index (χ1v) is 8.80. The summed E-state index contributed by atoms with van der Waals surface area (Å²) in [6.07, 6.45) is 2.70. The summed E-state index contributed by atoms with van der Waals surface area (Å²) in [5, 5.41) is 10.9. The average Bonchev–Trinajstić information content (AvgIpc) is 2.61. The van der Waals surface area contributed by atoms with Crippen molar-refractivity contribution in [1.29, 1.82) is 0 Å². The van der Waals surface area contributed by atoms with Gasteiger partial charge in [0.1, 0.15) is 0 Å². The zero-order valence-electron chi connectivity index (χ0n) is 15.5. The molecule has 3 atom stereocenters. The summed E-state index contributed by atoms with van der Waals surface area (Å²) >= 11 is 0. The van der Waals surface area contributed by atoms with Gasteiger partial charge in [0.2, 0.25) is 0 Å². The lowest BCUT2D eigenvalue weighted by molar-refractivity contribution is -0.122. The molecule has 1 unspecified atom stereocenters. The zero-order valence-corrected chi connectivity index (χ0v) is 15.5. The lowest BCUT2D eigenvalue weighted by atomic mass is 9.52. The smallest absolute Gasteiger partial charge is 0.197 e. The Bertz CT molecular complexity index is 858. The Morgan fingerprint density at radius 1 is 1.27 bits per heavy atom. The number of ketones is 2. The second kappa shape index (κ2) is 5.58. The first kappa shape index (κ1) is 17.1. The Kier molecular flexibility index (Phi) is 3.67. The number of phenolic OH excluding ortho intramolecular Hbond substituents is 1. The molecule has 0 spiro atoms. The number of allylic oxidation sites excluding steroid dienone is 1. The minimum absolute atomic E-state index is 0.0145. The van der Waals surface area contributed by atoms with Gasteiger partial charge in [-0.3, -0.25) is 14.5 Å². The number of piperidine rings is 1. The Hall–Kier alpha value is -2.34. The standard InChI is InChI=1S/C20H23NO5/c1-10-7-14(26-4)18(23)16-15(10)19(24)17-11-8-13(25-3)12(22)9-20(11,16)5-6-21(17)2/h7-8,11,17,23H,5-6,9H2,1-4H3/t11?,17-,20-/m0/s1. The predicted molar refractivity (Wildman–Crippen MR) is 94.6 cm³/mol. The third kappa shape index (κ3) is 1.96. The fourth-order valence-electron chi connectivity index (χ4n) is 5.15. The van der Waals surface area contributed by atoms with Crippen LogP contribution in [0, 0.1) is 12.8 Å².